The summed E-state index contributed by atoms with van der Waals surface area (Å²) in [5.41, 5.74) is -2.27. The molecule has 10 heteroatoms. The van der Waals surface area contributed by atoms with Crippen molar-refractivity contribution >= 4 is 17.7 Å². The third-order valence-corrected chi connectivity index (χ3v) is 6.59. The molecular weight excluding hydrogens is 466 g/mol. The predicted molar refractivity (Wildman–Crippen MR) is 122 cm³/mol. The van der Waals surface area contributed by atoms with E-state index in [-0.39, 0.29) is 49.7 Å². The van der Waals surface area contributed by atoms with Crippen molar-refractivity contribution in [3.05, 3.63) is 46.5 Å². The topological polar surface area (TPSA) is 62.2 Å². The van der Waals surface area contributed by atoms with E-state index in [0.717, 1.165) is 11.6 Å². The highest BCUT2D eigenvalue weighted by Crippen LogP contribution is 2.43. The molecule has 0 aromatic heterocycles. The van der Waals surface area contributed by atoms with Gasteiger partial charge in [0.25, 0.3) is 5.91 Å². The van der Waals surface area contributed by atoms with E-state index in [2.05, 4.69) is 4.99 Å². The van der Waals surface area contributed by atoms with Crippen LogP contribution in [0.2, 0.25) is 0 Å². The average Bonchev–Trinajstić information content (AvgIpc) is 3.21. The number of hydrogen-bond acceptors (Lipinski definition) is 4. The molecule has 3 aliphatic heterocycles. The molecule has 0 radical (unpaired) electrons. The van der Waals surface area contributed by atoms with Crippen LogP contribution in [-0.4, -0.2) is 65.8 Å². The molecule has 190 valence electrons. The fraction of sp³-hybridized carbons (Fsp3) is 0.560. The minimum atomic E-state index is -4.66. The number of rotatable bonds is 2. The van der Waals surface area contributed by atoms with Gasteiger partial charge in [-0.3, -0.25) is 9.79 Å². The van der Waals surface area contributed by atoms with Gasteiger partial charge in [-0.25, -0.2) is 9.18 Å². The first-order valence-corrected chi connectivity index (χ1v) is 11.7. The smallest absolute Gasteiger partial charge is 0.416 e. The van der Waals surface area contributed by atoms with Crippen LogP contribution in [0.15, 0.2) is 40.4 Å². The highest BCUT2D eigenvalue weighted by atomic mass is 19.4. The summed E-state index contributed by atoms with van der Waals surface area (Å²) in [6.45, 7) is 6.32. The van der Waals surface area contributed by atoms with Crippen LogP contribution in [0.25, 0.3) is 0 Å². The molecule has 1 fully saturated rings. The SMILES string of the molecule is CC(C)(C)OC(=O)N1CCC2=C(C1)C(C(=O)N1CCC(F)(c3ccccc3C(F)(F)F)CC1)=NC2. The second-order valence-corrected chi connectivity index (χ2v) is 10.2. The summed E-state index contributed by atoms with van der Waals surface area (Å²) >= 11 is 0. The molecule has 2 amide bonds. The number of aliphatic imine (C=N–C) groups is 1. The van der Waals surface area contributed by atoms with Crippen molar-refractivity contribution in [2.24, 2.45) is 4.99 Å². The number of nitrogens with zero attached hydrogens (tertiary/aromatic N) is 3. The second-order valence-electron chi connectivity index (χ2n) is 10.2. The van der Waals surface area contributed by atoms with Crippen molar-refractivity contribution in [3.8, 4) is 0 Å². The lowest BCUT2D eigenvalue weighted by Crippen LogP contribution is -2.48. The second kappa shape index (κ2) is 8.95. The predicted octanol–water partition coefficient (Wildman–Crippen LogP) is 4.88. The summed E-state index contributed by atoms with van der Waals surface area (Å²) in [7, 11) is 0. The Morgan fingerprint density at radius 3 is 2.31 bits per heavy atom. The van der Waals surface area contributed by atoms with Crippen LogP contribution >= 0.6 is 0 Å². The molecule has 0 N–H and O–H groups in total. The minimum absolute atomic E-state index is 0.0288. The van der Waals surface area contributed by atoms with Gasteiger partial charge in [0.15, 0.2) is 0 Å². The normalized spacial score (nSPS) is 20.5. The molecule has 0 bridgehead atoms. The van der Waals surface area contributed by atoms with Gasteiger partial charge < -0.3 is 14.5 Å². The summed E-state index contributed by atoms with van der Waals surface area (Å²) < 4.78 is 61.5. The zero-order chi connectivity index (χ0) is 25.6. The highest BCUT2D eigenvalue weighted by molar-refractivity contribution is 6.46. The molecule has 6 nitrogen and oxygen atoms in total. The van der Waals surface area contributed by atoms with Crippen LogP contribution in [0.5, 0.6) is 0 Å². The number of likely N-dealkylation sites (tertiary alicyclic amines) is 1. The van der Waals surface area contributed by atoms with Gasteiger partial charge in [0.2, 0.25) is 0 Å². The number of carbonyl (C=O) groups excluding carboxylic acids is 2. The van der Waals surface area contributed by atoms with Gasteiger partial charge in [0.1, 0.15) is 17.0 Å². The van der Waals surface area contributed by atoms with Crippen LogP contribution in [-0.2, 0) is 21.4 Å². The molecule has 3 heterocycles. The van der Waals surface area contributed by atoms with E-state index in [4.69, 9.17) is 4.74 Å². The molecule has 1 aromatic carbocycles. The molecule has 0 atom stereocenters. The lowest BCUT2D eigenvalue weighted by molar-refractivity contribution is -0.140. The standard InChI is InChI=1S/C25H29F4N3O3/c1-23(2,3)35-22(34)32-11-8-16-14-30-20(17(16)15-32)21(33)31-12-9-24(26,10-13-31)18-6-4-5-7-19(18)25(27,28)29/h4-7H,8-15H2,1-3H3. The van der Waals surface area contributed by atoms with Crippen molar-refractivity contribution < 1.29 is 31.9 Å². The van der Waals surface area contributed by atoms with E-state index in [9.17, 15) is 22.8 Å². The Bertz CT molecular complexity index is 1080. The van der Waals surface area contributed by atoms with Crippen molar-refractivity contribution in [3.63, 3.8) is 0 Å². The maximum atomic E-state index is 15.7. The van der Waals surface area contributed by atoms with Gasteiger partial charge >= 0.3 is 12.3 Å². The summed E-state index contributed by atoms with van der Waals surface area (Å²) in [6, 6.07) is 4.69. The zero-order valence-electron chi connectivity index (χ0n) is 20.0. The summed E-state index contributed by atoms with van der Waals surface area (Å²) in [4.78, 5) is 33.1. The van der Waals surface area contributed by atoms with Gasteiger partial charge in [-0.1, -0.05) is 18.2 Å². The number of benzene rings is 1. The van der Waals surface area contributed by atoms with E-state index in [1.54, 1.807) is 20.8 Å². The van der Waals surface area contributed by atoms with E-state index < -0.39 is 29.1 Å². The Morgan fingerprint density at radius 1 is 1.03 bits per heavy atom. The van der Waals surface area contributed by atoms with Crippen molar-refractivity contribution in [1.29, 1.82) is 0 Å². The van der Waals surface area contributed by atoms with Gasteiger partial charge in [-0.05, 0) is 38.8 Å². The maximum absolute atomic E-state index is 15.7. The van der Waals surface area contributed by atoms with Crippen molar-refractivity contribution in [2.75, 3.05) is 32.7 Å². The van der Waals surface area contributed by atoms with Gasteiger partial charge in [-0.2, -0.15) is 13.2 Å². The Kier molecular flexibility index (Phi) is 6.44. The van der Waals surface area contributed by atoms with E-state index in [1.807, 2.05) is 0 Å². The Labute approximate surface area is 201 Å². The third kappa shape index (κ3) is 5.21. The van der Waals surface area contributed by atoms with Crippen LogP contribution in [0, 0.1) is 0 Å². The molecule has 0 aliphatic carbocycles. The number of ether oxygens (including phenoxy) is 1. The minimum Gasteiger partial charge on any atom is -0.444 e. The van der Waals surface area contributed by atoms with Gasteiger partial charge in [0.05, 0.1) is 18.7 Å². The first-order chi connectivity index (χ1) is 16.3. The van der Waals surface area contributed by atoms with Crippen molar-refractivity contribution in [1.82, 2.24) is 9.80 Å². The first-order valence-electron chi connectivity index (χ1n) is 11.7. The largest absolute Gasteiger partial charge is 0.444 e. The molecule has 0 unspecified atom stereocenters. The van der Waals surface area contributed by atoms with Gasteiger partial charge in [0, 0.05) is 43.6 Å². The number of carbonyl (C=O) groups is 2. The van der Waals surface area contributed by atoms with Crippen LogP contribution in [0.1, 0.15) is 51.2 Å². The van der Waals surface area contributed by atoms with E-state index in [0.29, 0.717) is 25.1 Å². The number of alkyl halides is 4. The fourth-order valence-corrected chi connectivity index (χ4v) is 4.77. The highest BCUT2D eigenvalue weighted by Gasteiger charge is 2.45. The fourth-order valence-electron chi connectivity index (χ4n) is 4.77. The van der Waals surface area contributed by atoms with Gasteiger partial charge in [-0.15, -0.1) is 0 Å². The molecule has 1 aromatic rings. The zero-order valence-corrected chi connectivity index (χ0v) is 20.0. The van der Waals surface area contributed by atoms with E-state index in [1.165, 1.54) is 28.0 Å². The molecular formula is C25H29F4N3O3. The quantitative estimate of drug-likeness (QED) is 0.550. The number of halogens is 4. The summed E-state index contributed by atoms with van der Waals surface area (Å²) in [5, 5.41) is 0. The van der Waals surface area contributed by atoms with Crippen LogP contribution in [0.3, 0.4) is 0 Å². The third-order valence-electron chi connectivity index (χ3n) is 6.59. The number of hydrogen-bond donors (Lipinski definition) is 0. The molecule has 4 rings (SSSR count). The molecule has 0 spiro atoms. The molecule has 1 saturated heterocycles. The van der Waals surface area contributed by atoms with Crippen LogP contribution in [0.4, 0.5) is 22.4 Å². The molecule has 3 aliphatic rings. The van der Waals surface area contributed by atoms with Crippen LogP contribution < -0.4 is 0 Å². The maximum Gasteiger partial charge on any atom is 0.416 e. The average molecular weight is 496 g/mol. The summed E-state index contributed by atoms with van der Waals surface area (Å²) in [5.74, 6) is -0.382. The Morgan fingerprint density at radius 2 is 1.69 bits per heavy atom. The molecule has 35 heavy (non-hydrogen) atoms. The van der Waals surface area contributed by atoms with Crippen molar-refractivity contribution in [2.45, 2.75) is 57.5 Å². The first kappa shape index (κ1) is 25.2. The van der Waals surface area contributed by atoms with E-state index >= 15 is 4.39 Å². The lowest BCUT2D eigenvalue weighted by atomic mass is 9.83. The summed E-state index contributed by atoms with van der Waals surface area (Å²) in [6.07, 6.45) is -5.03. The lowest BCUT2D eigenvalue weighted by Gasteiger charge is -2.38. The Hall–Kier alpha value is -2.91. The Balaban J connectivity index is 1.44. The number of piperidine rings is 1. The monoisotopic (exact) mass is 495 g/mol. The number of amides is 2. The molecule has 0 saturated carbocycles.